The lowest BCUT2D eigenvalue weighted by Gasteiger charge is -2.02. The molecule has 1 aromatic carbocycles. The molecule has 1 N–H and O–H groups in total. The minimum Gasteiger partial charge on any atom is -0.462 e. The van der Waals surface area contributed by atoms with Crippen molar-refractivity contribution in [3.8, 4) is 6.07 Å². The zero-order chi connectivity index (χ0) is 13.9. The van der Waals surface area contributed by atoms with Crippen LogP contribution < -0.4 is 5.32 Å². The Morgan fingerprint density at radius 1 is 1.25 bits per heavy atom. The SMILES string of the molecule is N#Cc1ccc(C(=O)Nc2coc3ccccc23)nc1. The Hall–Kier alpha value is -3.13. The number of nitriles is 1. The smallest absolute Gasteiger partial charge is 0.274 e. The molecule has 0 aliphatic heterocycles. The van der Waals surface area contributed by atoms with Crippen molar-refractivity contribution in [1.82, 2.24) is 4.98 Å². The van der Waals surface area contributed by atoms with Gasteiger partial charge in [-0.2, -0.15) is 5.26 Å². The Balaban J connectivity index is 1.87. The molecule has 3 aromatic rings. The number of rotatable bonds is 2. The lowest BCUT2D eigenvalue weighted by Crippen LogP contribution is -2.13. The number of nitrogens with one attached hydrogen (secondary N) is 1. The summed E-state index contributed by atoms with van der Waals surface area (Å²) in [6, 6.07) is 12.4. The highest BCUT2D eigenvalue weighted by atomic mass is 16.3. The van der Waals surface area contributed by atoms with Gasteiger partial charge < -0.3 is 9.73 Å². The number of benzene rings is 1. The first-order valence-electron chi connectivity index (χ1n) is 5.91. The maximum atomic E-state index is 12.1. The maximum absolute atomic E-state index is 12.1. The van der Waals surface area contributed by atoms with Crippen molar-refractivity contribution in [1.29, 1.82) is 5.26 Å². The molecule has 1 amide bonds. The number of amides is 1. The third-order valence-electron chi connectivity index (χ3n) is 2.85. The first-order valence-corrected chi connectivity index (χ1v) is 5.91. The van der Waals surface area contributed by atoms with Crippen LogP contribution in [0.15, 0.2) is 53.3 Å². The van der Waals surface area contributed by atoms with Crippen LogP contribution in [0.4, 0.5) is 5.69 Å². The Bertz CT molecular complexity index is 813. The van der Waals surface area contributed by atoms with Crippen molar-refractivity contribution in [3.63, 3.8) is 0 Å². The molecule has 20 heavy (non-hydrogen) atoms. The monoisotopic (exact) mass is 263 g/mol. The van der Waals surface area contributed by atoms with Gasteiger partial charge in [0.1, 0.15) is 23.6 Å². The highest BCUT2D eigenvalue weighted by Crippen LogP contribution is 2.25. The predicted molar refractivity (Wildman–Crippen MR) is 73.1 cm³/mol. The molecule has 5 heteroatoms. The Labute approximate surface area is 114 Å². The number of pyridine rings is 1. The largest absolute Gasteiger partial charge is 0.462 e. The van der Waals surface area contributed by atoms with Crippen molar-refractivity contribution in [2.45, 2.75) is 0 Å². The molecule has 0 atom stereocenters. The molecule has 2 aromatic heterocycles. The fraction of sp³-hybridized carbons (Fsp3) is 0. The number of anilines is 1. The van der Waals surface area contributed by atoms with Crippen molar-refractivity contribution < 1.29 is 9.21 Å². The molecule has 0 saturated heterocycles. The number of carbonyl (C=O) groups excluding carboxylic acids is 1. The van der Waals surface area contributed by atoms with Gasteiger partial charge in [-0.3, -0.25) is 4.79 Å². The molecular weight excluding hydrogens is 254 g/mol. The Morgan fingerprint density at radius 2 is 2.10 bits per heavy atom. The number of hydrogen-bond acceptors (Lipinski definition) is 4. The van der Waals surface area contributed by atoms with Crippen molar-refractivity contribution in [2.24, 2.45) is 0 Å². The van der Waals surface area contributed by atoms with Gasteiger partial charge in [0.2, 0.25) is 0 Å². The number of hydrogen-bond donors (Lipinski definition) is 1. The van der Waals surface area contributed by atoms with Gasteiger partial charge in [0.05, 0.1) is 11.3 Å². The molecule has 0 aliphatic rings. The standard InChI is InChI=1S/C15H9N3O2/c16-7-10-5-6-12(17-8-10)15(19)18-13-9-20-14-4-2-1-3-11(13)14/h1-6,8-9H,(H,18,19). The minimum absolute atomic E-state index is 0.245. The molecule has 0 aliphatic carbocycles. The van der Waals surface area contributed by atoms with E-state index in [-0.39, 0.29) is 11.6 Å². The summed E-state index contributed by atoms with van der Waals surface area (Å²) < 4.78 is 5.34. The summed E-state index contributed by atoms with van der Waals surface area (Å²) in [4.78, 5) is 16.0. The molecule has 0 radical (unpaired) electrons. The van der Waals surface area contributed by atoms with Crippen molar-refractivity contribution >= 4 is 22.6 Å². The number of fused-ring (bicyclic) bond motifs is 1. The van der Waals surface area contributed by atoms with Crippen LogP contribution in [0.2, 0.25) is 0 Å². The van der Waals surface area contributed by atoms with Crippen LogP contribution in [0.3, 0.4) is 0 Å². The van der Waals surface area contributed by atoms with Gasteiger partial charge in [-0.1, -0.05) is 12.1 Å². The van der Waals surface area contributed by atoms with E-state index in [4.69, 9.17) is 9.68 Å². The second kappa shape index (κ2) is 4.86. The summed E-state index contributed by atoms with van der Waals surface area (Å²) in [5.41, 5.74) is 1.96. The van der Waals surface area contributed by atoms with E-state index in [1.807, 2.05) is 30.3 Å². The Kier molecular flexibility index (Phi) is 2.90. The van der Waals surface area contributed by atoms with Gasteiger partial charge in [-0.05, 0) is 24.3 Å². The maximum Gasteiger partial charge on any atom is 0.274 e. The highest BCUT2D eigenvalue weighted by molar-refractivity contribution is 6.07. The van der Waals surface area contributed by atoms with Crippen LogP contribution in [-0.2, 0) is 0 Å². The van der Waals surface area contributed by atoms with Crippen molar-refractivity contribution in [2.75, 3.05) is 5.32 Å². The molecule has 96 valence electrons. The summed E-state index contributed by atoms with van der Waals surface area (Å²) in [7, 11) is 0. The van der Waals surface area contributed by atoms with Crippen LogP contribution in [0, 0.1) is 11.3 Å². The third kappa shape index (κ3) is 2.10. The zero-order valence-corrected chi connectivity index (χ0v) is 10.3. The van der Waals surface area contributed by atoms with Gasteiger partial charge in [-0.25, -0.2) is 4.98 Å². The van der Waals surface area contributed by atoms with E-state index in [0.717, 1.165) is 5.39 Å². The number of nitrogens with zero attached hydrogens (tertiary/aromatic N) is 2. The summed E-state index contributed by atoms with van der Waals surface area (Å²) in [5, 5.41) is 12.3. The number of para-hydroxylation sites is 1. The van der Waals surface area contributed by atoms with E-state index in [1.165, 1.54) is 18.5 Å². The van der Waals surface area contributed by atoms with Gasteiger partial charge in [0.15, 0.2) is 0 Å². The molecule has 0 unspecified atom stereocenters. The molecule has 2 heterocycles. The average Bonchev–Trinajstić information content (AvgIpc) is 2.91. The molecule has 0 bridgehead atoms. The summed E-state index contributed by atoms with van der Waals surface area (Å²) in [6.45, 7) is 0. The van der Waals surface area contributed by atoms with E-state index in [1.54, 1.807) is 6.07 Å². The quantitative estimate of drug-likeness (QED) is 0.770. The zero-order valence-electron chi connectivity index (χ0n) is 10.3. The van der Waals surface area contributed by atoms with E-state index < -0.39 is 0 Å². The molecule has 0 spiro atoms. The molecule has 5 nitrogen and oxygen atoms in total. The normalized spacial score (nSPS) is 10.2. The molecule has 3 rings (SSSR count). The van der Waals surface area contributed by atoms with Crippen LogP contribution in [0.5, 0.6) is 0 Å². The topological polar surface area (TPSA) is 78.9 Å². The predicted octanol–water partition coefficient (Wildman–Crippen LogP) is 2.95. The highest BCUT2D eigenvalue weighted by Gasteiger charge is 2.11. The molecule has 0 saturated carbocycles. The van der Waals surface area contributed by atoms with Gasteiger partial charge in [0, 0.05) is 11.6 Å². The Morgan fingerprint density at radius 3 is 2.85 bits per heavy atom. The first kappa shape index (κ1) is 11.9. The lowest BCUT2D eigenvalue weighted by molar-refractivity contribution is 0.102. The van der Waals surface area contributed by atoms with Crippen molar-refractivity contribution in [3.05, 3.63) is 60.1 Å². The third-order valence-corrected chi connectivity index (χ3v) is 2.85. The van der Waals surface area contributed by atoms with E-state index >= 15 is 0 Å². The van der Waals surface area contributed by atoms with E-state index in [9.17, 15) is 4.79 Å². The van der Waals surface area contributed by atoms with Gasteiger partial charge in [0.25, 0.3) is 5.91 Å². The van der Waals surface area contributed by atoms with E-state index in [2.05, 4.69) is 10.3 Å². The lowest BCUT2D eigenvalue weighted by atomic mass is 10.2. The second-order valence-electron chi connectivity index (χ2n) is 4.14. The first-order chi connectivity index (χ1) is 9.78. The number of carbonyl (C=O) groups is 1. The van der Waals surface area contributed by atoms with Crippen LogP contribution in [0.25, 0.3) is 11.0 Å². The fourth-order valence-electron chi connectivity index (χ4n) is 1.86. The fourth-order valence-corrected chi connectivity index (χ4v) is 1.86. The number of furan rings is 1. The minimum atomic E-state index is -0.346. The molecular formula is C15H9N3O2. The summed E-state index contributed by atoms with van der Waals surface area (Å²) in [6.07, 6.45) is 2.86. The van der Waals surface area contributed by atoms with E-state index in [0.29, 0.717) is 16.8 Å². The van der Waals surface area contributed by atoms with Crippen LogP contribution in [-0.4, -0.2) is 10.9 Å². The van der Waals surface area contributed by atoms with Crippen LogP contribution >= 0.6 is 0 Å². The summed E-state index contributed by atoms with van der Waals surface area (Å²) >= 11 is 0. The van der Waals surface area contributed by atoms with Gasteiger partial charge in [-0.15, -0.1) is 0 Å². The summed E-state index contributed by atoms with van der Waals surface area (Å²) in [5.74, 6) is -0.346. The number of aromatic nitrogens is 1. The molecule has 0 fully saturated rings. The average molecular weight is 263 g/mol. The van der Waals surface area contributed by atoms with Crippen LogP contribution in [0.1, 0.15) is 16.1 Å². The second-order valence-corrected chi connectivity index (χ2v) is 4.14. The van der Waals surface area contributed by atoms with Gasteiger partial charge >= 0.3 is 0 Å².